The SMILES string of the molecule is NCC(NC(=O)CC(F)(F)F)C1CCCCC1. The highest BCUT2D eigenvalue weighted by Crippen LogP contribution is 2.26. The van der Waals surface area contributed by atoms with Gasteiger partial charge in [-0.3, -0.25) is 4.79 Å². The molecule has 3 nitrogen and oxygen atoms in total. The summed E-state index contributed by atoms with van der Waals surface area (Å²) in [6, 6.07) is -0.315. The first-order valence-electron chi connectivity index (χ1n) is 5.98. The molecule has 6 heteroatoms. The standard InChI is InChI=1S/C11H19F3N2O/c12-11(13,14)6-10(17)16-9(7-15)8-4-2-1-3-5-8/h8-9H,1-7,15H2,(H,16,17). The lowest BCUT2D eigenvalue weighted by atomic mass is 9.84. The van der Waals surface area contributed by atoms with E-state index in [1.165, 1.54) is 0 Å². The normalized spacial score (nSPS) is 20.0. The van der Waals surface area contributed by atoms with Crippen molar-refractivity contribution in [2.75, 3.05) is 6.54 Å². The summed E-state index contributed by atoms with van der Waals surface area (Å²) in [6.45, 7) is 0.203. The van der Waals surface area contributed by atoms with Crippen LogP contribution in [0.15, 0.2) is 0 Å². The Morgan fingerprint density at radius 3 is 2.35 bits per heavy atom. The Bertz CT molecular complexity index is 250. The number of nitrogens with two attached hydrogens (primary N) is 1. The molecular formula is C11H19F3N2O. The van der Waals surface area contributed by atoms with Crippen LogP contribution in [0.3, 0.4) is 0 Å². The molecule has 0 aliphatic heterocycles. The van der Waals surface area contributed by atoms with Crippen molar-refractivity contribution in [3.63, 3.8) is 0 Å². The van der Waals surface area contributed by atoms with Crippen LogP contribution in [-0.2, 0) is 4.79 Å². The van der Waals surface area contributed by atoms with Crippen molar-refractivity contribution in [3.05, 3.63) is 0 Å². The first-order chi connectivity index (χ1) is 7.92. The number of amides is 1. The monoisotopic (exact) mass is 252 g/mol. The quantitative estimate of drug-likeness (QED) is 0.803. The van der Waals surface area contributed by atoms with Gasteiger partial charge in [-0.2, -0.15) is 13.2 Å². The number of alkyl halides is 3. The van der Waals surface area contributed by atoms with E-state index in [2.05, 4.69) is 5.32 Å². The van der Waals surface area contributed by atoms with Gasteiger partial charge in [0, 0.05) is 12.6 Å². The van der Waals surface area contributed by atoms with Crippen LogP contribution < -0.4 is 11.1 Å². The van der Waals surface area contributed by atoms with Gasteiger partial charge < -0.3 is 11.1 Å². The maximum Gasteiger partial charge on any atom is 0.397 e. The van der Waals surface area contributed by atoms with Crippen LogP contribution in [0, 0.1) is 5.92 Å². The van der Waals surface area contributed by atoms with E-state index >= 15 is 0 Å². The Hall–Kier alpha value is -0.780. The van der Waals surface area contributed by atoms with Crippen molar-refractivity contribution in [1.82, 2.24) is 5.32 Å². The molecule has 0 aromatic heterocycles. The minimum absolute atomic E-state index is 0.203. The molecule has 1 aliphatic carbocycles. The lowest BCUT2D eigenvalue weighted by Crippen LogP contribution is -2.46. The molecule has 3 N–H and O–H groups in total. The van der Waals surface area contributed by atoms with Crippen molar-refractivity contribution in [2.45, 2.75) is 50.7 Å². The van der Waals surface area contributed by atoms with Crippen molar-refractivity contribution >= 4 is 5.91 Å². The van der Waals surface area contributed by atoms with Gasteiger partial charge in [-0.1, -0.05) is 19.3 Å². The first kappa shape index (κ1) is 14.3. The average Bonchev–Trinajstić information content (AvgIpc) is 2.24. The molecule has 1 fully saturated rings. The molecule has 0 aromatic carbocycles. The van der Waals surface area contributed by atoms with Crippen molar-refractivity contribution < 1.29 is 18.0 Å². The van der Waals surface area contributed by atoms with Gasteiger partial charge in [-0.25, -0.2) is 0 Å². The summed E-state index contributed by atoms with van der Waals surface area (Å²) < 4.78 is 36.0. The molecule has 17 heavy (non-hydrogen) atoms. The molecule has 0 radical (unpaired) electrons. The fraction of sp³-hybridized carbons (Fsp3) is 0.909. The zero-order valence-corrected chi connectivity index (χ0v) is 9.72. The largest absolute Gasteiger partial charge is 0.397 e. The van der Waals surface area contributed by atoms with Crippen LogP contribution in [0.1, 0.15) is 38.5 Å². The Balaban J connectivity index is 2.42. The van der Waals surface area contributed by atoms with Crippen molar-refractivity contribution in [1.29, 1.82) is 0 Å². The van der Waals surface area contributed by atoms with E-state index in [-0.39, 0.29) is 18.5 Å². The fourth-order valence-corrected chi connectivity index (χ4v) is 2.35. The highest BCUT2D eigenvalue weighted by atomic mass is 19.4. The highest BCUT2D eigenvalue weighted by molar-refractivity contribution is 5.76. The lowest BCUT2D eigenvalue weighted by Gasteiger charge is -2.30. The second kappa shape index (κ2) is 6.23. The van der Waals surface area contributed by atoms with Gasteiger partial charge >= 0.3 is 6.18 Å². The molecule has 1 amide bonds. The third-order valence-electron chi connectivity index (χ3n) is 3.18. The number of nitrogens with one attached hydrogen (secondary N) is 1. The number of halogens is 3. The Kier molecular flexibility index (Phi) is 5.24. The van der Waals surface area contributed by atoms with Gasteiger partial charge in [0.25, 0.3) is 0 Å². The molecule has 1 unspecified atom stereocenters. The molecule has 0 spiro atoms. The summed E-state index contributed by atoms with van der Waals surface area (Å²) in [5, 5.41) is 2.41. The van der Waals surface area contributed by atoms with Crippen LogP contribution in [0.25, 0.3) is 0 Å². The van der Waals surface area contributed by atoms with Crippen LogP contribution >= 0.6 is 0 Å². The number of carbonyl (C=O) groups excluding carboxylic acids is 1. The van der Waals surface area contributed by atoms with E-state index < -0.39 is 18.5 Å². The van der Waals surface area contributed by atoms with Crippen LogP contribution in [0.5, 0.6) is 0 Å². The van der Waals surface area contributed by atoms with Gasteiger partial charge in [0.2, 0.25) is 5.91 Å². The van der Waals surface area contributed by atoms with Crippen molar-refractivity contribution in [3.8, 4) is 0 Å². The summed E-state index contributed by atoms with van der Waals surface area (Å²) in [5.74, 6) is -0.746. The maximum atomic E-state index is 12.0. The summed E-state index contributed by atoms with van der Waals surface area (Å²) in [4.78, 5) is 11.2. The van der Waals surface area contributed by atoms with Gasteiger partial charge in [-0.05, 0) is 18.8 Å². The number of rotatable bonds is 4. The molecule has 0 aromatic rings. The fourth-order valence-electron chi connectivity index (χ4n) is 2.35. The summed E-state index contributed by atoms with van der Waals surface area (Å²) in [7, 11) is 0. The molecule has 0 bridgehead atoms. The Morgan fingerprint density at radius 2 is 1.88 bits per heavy atom. The predicted molar refractivity (Wildman–Crippen MR) is 58.2 cm³/mol. The highest BCUT2D eigenvalue weighted by Gasteiger charge is 2.33. The van der Waals surface area contributed by atoms with Gasteiger partial charge in [-0.15, -0.1) is 0 Å². The molecule has 1 saturated carbocycles. The second-order valence-corrected chi connectivity index (χ2v) is 4.60. The maximum absolute atomic E-state index is 12.0. The topological polar surface area (TPSA) is 55.1 Å². The first-order valence-corrected chi connectivity index (χ1v) is 5.98. The smallest absolute Gasteiger partial charge is 0.352 e. The van der Waals surface area contributed by atoms with Crippen LogP contribution in [-0.4, -0.2) is 24.7 Å². The van der Waals surface area contributed by atoms with E-state index in [9.17, 15) is 18.0 Å². The van der Waals surface area contributed by atoms with Crippen LogP contribution in [0.4, 0.5) is 13.2 Å². The van der Waals surface area contributed by atoms with E-state index in [0.29, 0.717) is 0 Å². The van der Waals surface area contributed by atoms with Crippen molar-refractivity contribution in [2.24, 2.45) is 11.7 Å². The van der Waals surface area contributed by atoms with Crippen LogP contribution in [0.2, 0.25) is 0 Å². The van der Waals surface area contributed by atoms with E-state index in [1.807, 2.05) is 0 Å². The summed E-state index contributed by atoms with van der Waals surface area (Å²) in [5.41, 5.74) is 5.52. The number of hydrogen-bond donors (Lipinski definition) is 2. The van der Waals surface area contributed by atoms with Gasteiger partial charge in [0.1, 0.15) is 6.42 Å². The molecule has 1 rings (SSSR count). The zero-order chi connectivity index (χ0) is 12.9. The zero-order valence-electron chi connectivity index (χ0n) is 9.72. The lowest BCUT2D eigenvalue weighted by molar-refractivity contribution is -0.154. The minimum Gasteiger partial charge on any atom is -0.352 e. The molecule has 1 aliphatic rings. The third kappa shape index (κ3) is 5.39. The second-order valence-electron chi connectivity index (χ2n) is 4.60. The summed E-state index contributed by atoms with van der Waals surface area (Å²) >= 11 is 0. The number of hydrogen-bond acceptors (Lipinski definition) is 2. The predicted octanol–water partition coefficient (Wildman–Crippen LogP) is 1.96. The van der Waals surface area contributed by atoms with Gasteiger partial charge in [0.15, 0.2) is 0 Å². The third-order valence-corrected chi connectivity index (χ3v) is 3.18. The summed E-state index contributed by atoms with van der Waals surface area (Å²) in [6.07, 6.45) is -0.703. The average molecular weight is 252 g/mol. The molecular weight excluding hydrogens is 233 g/mol. The number of carbonyl (C=O) groups is 1. The van der Waals surface area contributed by atoms with E-state index in [0.717, 1.165) is 32.1 Å². The van der Waals surface area contributed by atoms with E-state index in [4.69, 9.17) is 5.73 Å². The molecule has 1 atom stereocenters. The van der Waals surface area contributed by atoms with Gasteiger partial charge in [0.05, 0.1) is 0 Å². The molecule has 100 valence electrons. The molecule has 0 saturated heterocycles. The molecule has 0 heterocycles. The Morgan fingerprint density at radius 1 is 1.29 bits per heavy atom. The minimum atomic E-state index is -4.45. The van der Waals surface area contributed by atoms with E-state index in [1.54, 1.807) is 0 Å². The Labute approximate surface area is 98.9 Å².